The van der Waals surface area contributed by atoms with Gasteiger partial charge in [-0.05, 0) is 49.7 Å². The number of rotatable bonds is 7. The molecule has 0 saturated heterocycles. The normalized spacial score (nSPS) is 13.5. The minimum atomic E-state index is -0.437. The Balaban J connectivity index is 1.87. The lowest BCUT2D eigenvalue weighted by molar-refractivity contribution is -0.120. The highest BCUT2D eigenvalue weighted by molar-refractivity contribution is 6.46. The molecule has 1 N–H and O–H groups in total. The van der Waals surface area contributed by atoms with E-state index in [0.717, 1.165) is 5.56 Å². The Morgan fingerprint density at radius 1 is 0.875 bits per heavy atom. The second-order valence-electron chi connectivity index (χ2n) is 7.29. The first kappa shape index (κ1) is 21.2. The predicted octanol–water partition coefficient (Wildman–Crippen LogP) is 4.80. The van der Waals surface area contributed by atoms with Crippen LogP contribution < -0.4 is 19.7 Å². The molecule has 0 spiro atoms. The van der Waals surface area contributed by atoms with Crippen LogP contribution in [0.2, 0.25) is 0 Å². The number of carbonyl (C=O) groups is 2. The van der Waals surface area contributed by atoms with E-state index in [2.05, 4.69) is 5.32 Å². The summed E-state index contributed by atoms with van der Waals surface area (Å²) in [5.74, 6) is 0.248. The Hall–Kier alpha value is -4.06. The van der Waals surface area contributed by atoms with Crippen molar-refractivity contribution in [3.05, 3.63) is 89.6 Å². The Kier molecular flexibility index (Phi) is 5.94. The van der Waals surface area contributed by atoms with Crippen LogP contribution in [0, 0.1) is 6.92 Å². The van der Waals surface area contributed by atoms with Crippen LogP contribution in [0.25, 0.3) is 5.57 Å². The number of hydrogen-bond acceptors (Lipinski definition) is 5. The van der Waals surface area contributed by atoms with Crippen LogP contribution in [0.15, 0.2) is 78.5 Å². The van der Waals surface area contributed by atoms with E-state index in [1.54, 1.807) is 18.2 Å². The molecule has 1 aliphatic rings. The van der Waals surface area contributed by atoms with Gasteiger partial charge in [-0.15, -0.1) is 0 Å². The first-order valence-electron chi connectivity index (χ1n) is 10.4. The zero-order chi connectivity index (χ0) is 22.7. The molecule has 4 rings (SSSR count). The van der Waals surface area contributed by atoms with Crippen molar-refractivity contribution in [1.29, 1.82) is 0 Å². The van der Waals surface area contributed by atoms with E-state index in [0.29, 0.717) is 35.0 Å². The lowest BCUT2D eigenvalue weighted by atomic mass is 10.0. The van der Waals surface area contributed by atoms with Gasteiger partial charge in [0.1, 0.15) is 17.2 Å². The van der Waals surface area contributed by atoms with Crippen LogP contribution in [0.1, 0.15) is 18.1 Å². The lowest BCUT2D eigenvalue weighted by Gasteiger charge is -2.16. The number of ether oxygens (including phenoxy) is 2. The quantitative estimate of drug-likeness (QED) is 0.548. The molecule has 1 heterocycles. The number of hydrogen-bond donors (Lipinski definition) is 1. The fraction of sp³-hybridized carbons (Fsp3) is 0.154. The molecule has 0 aliphatic carbocycles. The van der Waals surface area contributed by atoms with Crippen LogP contribution in [0.5, 0.6) is 11.5 Å². The number of aryl methyl sites for hydroxylation is 1. The molecule has 2 amide bonds. The van der Waals surface area contributed by atoms with Crippen molar-refractivity contribution in [2.45, 2.75) is 13.8 Å². The van der Waals surface area contributed by atoms with E-state index < -0.39 is 11.8 Å². The zero-order valence-corrected chi connectivity index (χ0v) is 18.2. The van der Waals surface area contributed by atoms with Crippen molar-refractivity contribution in [2.75, 3.05) is 23.9 Å². The fourth-order valence-corrected chi connectivity index (χ4v) is 3.73. The van der Waals surface area contributed by atoms with Crippen molar-refractivity contribution < 1.29 is 19.1 Å². The molecule has 6 nitrogen and oxygen atoms in total. The summed E-state index contributed by atoms with van der Waals surface area (Å²) in [5, 5.41) is 3.18. The zero-order valence-electron chi connectivity index (χ0n) is 18.2. The van der Waals surface area contributed by atoms with Gasteiger partial charge in [0.05, 0.1) is 30.7 Å². The molecule has 3 aromatic carbocycles. The third-order valence-corrected chi connectivity index (χ3v) is 5.17. The molecule has 162 valence electrons. The van der Waals surface area contributed by atoms with Gasteiger partial charge in [0.2, 0.25) is 0 Å². The highest BCUT2D eigenvalue weighted by Crippen LogP contribution is 2.38. The second kappa shape index (κ2) is 8.98. The molecular formula is C26H24N2O4. The number of carbonyl (C=O) groups excluding carboxylic acids is 2. The SMILES string of the molecule is CCOc1ccccc1NC1=C(c2ccccc2OC)C(=O)N(c2cccc(C)c2)C1=O. The summed E-state index contributed by atoms with van der Waals surface area (Å²) in [6.45, 7) is 4.28. The average Bonchev–Trinajstić information content (AvgIpc) is 3.04. The van der Waals surface area contributed by atoms with E-state index >= 15 is 0 Å². The molecule has 0 atom stereocenters. The molecule has 0 bridgehead atoms. The summed E-state index contributed by atoms with van der Waals surface area (Å²) < 4.78 is 11.2. The number of nitrogens with zero attached hydrogens (tertiary/aromatic N) is 1. The standard InChI is InChI=1S/C26H24N2O4/c1-4-32-22-15-8-6-13-20(22)27-24-23(19-12-5-7-14-21(19)31-3)25(29)28(26(24)30)18-11-9-10-17(2)16-18/h5-16,27H,4H2,1-3H3. The topological polar surface area (TPSA) is 67.9 Å². The largest absolute Gasteiger partial charge is 0.496 e. The average molecular weight is 428 g/mol. The number of benzene rings is 3. The van der Waals surface area contributed by atoms with Crippen molar-refractivity contribution in [3.63, 3.8) is 0 Å². The minimum absolute atomic E-state index is 0.174. The monoisotopic (exact) mass is 428 g/mol. The summed E-state index contributed by atoms with van der Waals surface area (Å²) in [5.41, 5.74) is 3.03. The molecule has 6 heteroatoms. The first-order chi connectivity index (χ1) is 15.5. The van der Waals surface area contributed by atoms with Crippen LogP contribution in [0.4, 0.5) is 11.4 Å². The van der Waals surface area contributed by atoms with Gasteiger partial charge in [0.25, 0.3) is 11.8 Å². The van der Waals surface area contributed by atoms with Crippen molar-refractivity contribution in [3.8, 4) is 11.5 Å². The van der Waals surface area contributed by atoms with E-state index in [9.17, 15) is 9.59 Å². The number of nitrogens with one attached hydrogen (secondary N) is 1. The Morgan fingerprint density at radius 3 is 2.31 bits per heavy atom. The Labute approximate surface area is 187 Å². The summed E-state index contributed by atoms with van der Waals surface area (Å²) >= 11 is 0. The number of amides is 2. The van der Waals surface area contributed by atoms with Gasteiger partial charge in [0.15, 0.2) is 0 Å². The van der Waals surface area contributed by atoms with Gasteiger partial charge in [-0.3, -0.25) is 9.59 Å². The molecule has 1 aliphatic heterocycles. The van der Waals surface area contributed by atoms with Crippen LogP contribution in [-0.2, 0) is 9.59 Å². The highest BCUT2D eigenvalue weighted by Gasteiger charge is 2.41. The van der Waals surface area contributed by atoms with E-state index in [1.807, 2.05) is 68.4 Å². The van der Waals surface area contributed by atoms with Gasteiger partial charge in [-0.25, -0.2) is 4.90 Å². The van der Waals surface area contributed by atoms with Crippen molar-refractivity contribution in [2.24, 2.45) is 0 Å². The first-order valence-corrected chi connectivity index (χ1v) is 10.4. The summed E-state index contributed by atoms with van der Waals surface area (Å²) in [6.07, 6.45) is 0. The molecule has 0 radical (unpaired) electrons. The maximum Gasteiger partial charge on any atom is 0.282 e. The Bertz CT molecular complexity index is 1220. The molecule has 0 saturated carbocycles. The maximum atomic E-state index is 13.6. The van der Waals surface area contributed by atoms with Crippen molar-refractivity contribution >= 4 is 28.8 Å². The summed E-state index contributed by atoms with van der Waals surface area (Å²) in [6, 6.07) is 21.8. The molecule has 32 heavy (non-hydrogen) atoms. The maximum absolute atomic E-state index is 13.6. The van der Waals surface area contributed by atoms with Crippen LogP contribution >= 0.6 is 0 Å². The number of anilines is 2. The molecule has 0 unspecified atom stereocenters. The van der Waals surface area contributed by atoms with Gasteiger partial charge < -0.3 is 14.8 Å². The molecule has 0 fully saturated rings. The number of imide groups is 1. The highest BCUT2D eigenvalue weighted by atomic mass is 16.5. The number of methoxy groups -OCH3 is 1. The van der Waals surface area contributed by atoms with E-state index in [-0.39, 0.29) is 11.3 Å². The molecular weight excluding hydrogens is 404 g/mol. The second-order valence-corrected chi connectivity index (χ2v) is 7.29. The van der Waals surface area contributed by atoms with Crippen LogP contribution in [0.3, 0.4) is 0 Å². The lowest BCUT2D eigenvalue weighted by Crippen LogP contribution is -2.32. The van der Waals surface area contributed by atoms with E-state index in [1.165, 1.54) is 12.0 Å². The number of para-hydroxylation sites is 3. The van der Waals surface area contributed by atoms with Gasteiger partial charge in [-0.1, -0.05) is 42.5 Å². The van der Waals surface area contributed by atoms with Gasteiger partial charge in [0, 0.05) is 5.56 Å². The third-order valence-electron chi connectivity index (χ3n) is 5.17. The molecule has 3 aromatic rings. The molecule has 0 aromatic heterocycles. The smallest absolute Gasteiger partial charge is 0.282 e. The van der Waals surface area contributed by atoms with Crippen molar-refractivity contribution in [1.82, 2.24) is 0 Å². The fourth-order valence-electron chi connectivity index (χ4n) is 3.73. The Morgan fingerprint density at radius 2 is 1.59 bits per heavy atom. The minimum Gasteiger partial charge on any atom is -0.496 e. The van der Waals surface area contributed by atoms with Crippen LogP contribution in [-0.4, -0.2) is 25.5 Å². The predicted molar refractivity (Wildman–Crippen MR) is 125 cm³/mol. The third kappa shape index (κ3) is 3.83. The van der Waals surface area contributed by atoms with Gasteiger partial charge in [-0.2, -0.15) is 0 Å². The summed E-state index contributed by atoms with van der Waals surface area (Å²) in [7, 11) is 1.54. The summed E-state index contributed by atoms with van der Waals surface area (Å²) in [4.78, 5) is 28.4. The van der Waals surface area contributed by atoms with Gasteiger partial charge >= 0.3 is 0 Å². The van der Waals surface area contributed by atoms with E-state index in [4.69, 9.17) is 9.47 Å².